The number of nitrogens with zero attached hydrogens (tertiary/aromatic N) is 3. The Labute approximate surface area is 183 Å². The molecule has 8 nitrogen and oxygen atoms in total. The second kappa shape index (κ2) is 8.26. The third kappa shape index (κ3) is 5.09. The minimum absolute atomic E-state index is 0.00546. The summed E-state index contributed by atoms with van der Waals surface area (Å²) in [4.78, 5) is 48.1. The maximum absolute atomic E-state index is 12.4. The highest BCUT2D eigenvalue weighted by atomic mass is 31.2. The van der Waals surface area contributed by atoms with E-state index < -0.39 is 8.60 Å². The molecule has 31 heavy (non-hydrogen) atoms. The quantitative estimate of drug-likeness (QED) is 0.402. The van der Waals surface area contributed by atoms with Gasteiger partial charge in [-0.05, 0) is 17.0 Å². The molecule has 3 fully saturated rings. The molecule has 0 amide bonds. The van der Waals surface area contributed by atoms with Crippen LogP contribution in [0.25, 0.3) is 0 Å². The van der Waals surface area contributed by atoms with Crippen LogP contribution >= 0.6 is 8.60 Å². The molecular weight excluding hydrogens is 417 g/mol. The zero-order chi connectivity index (χ0) is 22.3. The molecule has 0 bridgehead atoms. The summed E-state index contributed by atoms with van der Waals surface area (Å²) in [6.07, 6.45) is 1.52. The Morgan fingerprint density at radius 3 is 1.94 bits per heavy atom. The summed E-state index contributed by atoms with van der Waals surface area (Å²) < 4.78 is 4.95. The zero-order valence-corrected chi connectivity index (χ0v) is 18.9. The molecule has 0 saturated carbocycles. The number of carbonyl (C=O) groups is 2. The lowest BCUT2D eigenvalue weighted by molar-refractivity contribution is -0.117. The average molecular weight is 445 g/mol. The number of Topliss-reactive ketones (excluding diaryl/α,β-unsaturated/α-hetero) is 1. The van der Waals surface area contributed by atoms with Gasteiger partial charge >= 0.3 is 8.60 Å². The first-order chi connectivity index (χ1) is 14.7. The van der Waals surface area contributed by atoms with Crippen molar-refractivity contribution < 1.29 is 23.9 Å². The van der Waals surface area contributed by atoms with E-state index in [1.54, 1.807) is 6.07 Å². The molecule has 0 atom stereocenters. The van der Waals surface area contributed by atoms with Gasteiger partial charge in [-0.3, -0.25) is 9.59 Å². The Bertz CT molecular complexity index is 954. The summed E-state index contributed by atoms with van der Waals surface area (Å²) in [5.74, 6) is 0.587. The van der Waals surface area contributed by atoms with Gasteiger partial charge in [-0.2, -0.15) is 0 Å². The fourth-order valence-electron chi connectivity index (χ4n) is 3.53. The number of allylic oxidation sites excluding steroid dienone is 1. The molecule has 166 valence electrons. The fraction of sp³-hybridized carbons (Fsp3) is 0.455. The van der Waals surface area contributed by atoms with Gasteiger partial charge in [-0.15, -0.1) is 0 Å². The van der Waals surface area contributed by atoms with Crippen molar-refractivity contribution in [3.63, 3.8) is 0 Å². The monoisotopic (exact) mass is 445 g/mol. The van der Waals surface area contributed by atoms with E-state index in [0.29, 0.717) is 22.8 Å². The van der Waals surface area contributed by atoms with Crippen LogP contribution in [0, 0.1) is 0 Å². The van der Waals surface area contributed by atoms with Crippen LogP contribution in [-0.2, 0) is 15.0 Å². The van der Waals surface area contributed by atoms with Crippen LogP contribution in [0.2, 0.25) is 0 Å². The lowest BCUT2D eigenvalue weighted by Gasteiger charge is -2.22. The van der Waals surface area contributed by atoms with Gasteiger partial charge in [-0.1, -0.05) is 39.0 Å². The molecule has 0 radical (unpaired) electrons. The average Bonchev–Trinajstić information content (AvgIpc) is 3.55. The first-order valence-corrected chi connectivity index (χ1v) is 11.6. The number of rotatable bonds is 5. The summed E-state index contributed by atoms with van der Waals surface area (Å²) >= 11 is 0. The lowest BCUT2D eigenvalue weighted by atomic mass is 9.86. The SMILES string of the molecule is CC(C)(C)c1ccccc1OP(O)O.O=C1C=C(N2CC2)C(=O)C(N2CC2)=C1N1CC1. The molecule has 1 aromatic carbocycles. The number of ketones is 2. The second-order valence-corrected chi connectivity index (χ2v) is 9.66. The third-order valence-electron chi connectivity index (χ3n) is 5.36. The van der Waals surface area contributed by atoms with Crippen LogP contribution in [0.15, 0.2) is 47.4 Å². The molecule has 5 rings (SSSR count). The number of hydrogen-bond acceptors (Lipinski definition) is 8. The molecule has 3 aliphatic heterocycles. The Morgan fingerprint density at radius 1 is 0.871 bits per heavy atom. The minimum atomic E-state index is -2.34. The van der Waals surface area contributed by atoms with E-state index in [1.807, 2.05) is 53.7 Å². The molecular formula is C22H28N3O5P. The van der Waals surface area contributed by atoms with Crippen molar-refractivity contribution in [2.75, 3.05) is 39.3 Å². The first kappa shape index (κ1) is 21.8. The highest BCUT2D eigenvalue weighted by Gasteiger charge is 2.43. The lowest BCUT2D eigenvalue weighted by Crippen LogP contribution is -2.29. The van der Waals surface area contributed by atoms with E-state index in [9.17, 15) is 9.59 Å². The van der Waals surface area contributed by atoms with Gasteiger partial charge in [0.15, 0.2) is 0 Å². The largest absolute Gasteiger partial charge is 0.427 e. The molecule has 2 N–H and O–H groups in total. The van der Waals surface area contributed by atoms with Crippen molar-refractivity contribution >= 4 is 20.2 Å². The van der Waals surface area contributed by atoms with Gasteiger partial charge in [0, 0.05) is 45.3 Å². The summed E-state index contributed by atoms with van der Waals surface area (Å²) in [6.45, 7) is 11.5. The van der Waals surface area contributed by atoms with Crippen molar-refractivity contribution in [3.05, 3.63) is 53.0 Å². The second-order valence-electron chi connectivity index (χ2n) is 8.97. The van der Waals surface area contributed by atoms with Gasteiger partial charge in [0.2, 0.25) is 11.6 Å². The topological polar surface area (TPSA) is 92.9 Å². The van der Waals surface area contributed by atoms with Crippen LogP contribution in [-0.4, -0.2) is 75.3 Å². The highest BCUT2D eigenvalue weighted by Crippen LogP contribution is 2.37. The highest BCUT2D eigenvalue weighted by molar-refractivity contribution is 7.39. The fourth-order valence-corrected chi connectivity index (χ4v) is 3.86. The van der Waals surface area contributed by atoms with E-state index in [4.69, 9.17) is 14.3 Å². The number of hydrogen-bond donors (Lipinski definition) is 2. The third-order valence-corrected chi connectivity index (χ3v) is 5.72. The van der Waals surface area contributed by atoms with Crippen LogP contribution in [0.3, 0.4) is 0 Å². The maximum atomic E-state index is 12.4. The zero-order valence-electron chi connectivity index (χ0n) is 18.0. The molecule has 1 aromatic rings. The molecule has 0 unspecified atom stereocenters. The van der Waals surface area contributed by atoms with Crippen molar-refractivity contribution in [2.24, 2.45) is 0 Å². The maximum Gasteiger partial charge on any atom is 0.391 e. The number of benzene rings is 1. The Morgan fingerprint density at radius 2 is 1.42 bits per heavy atom. The first-order valence-electron chi connectivity index (χ1n) is 10.4. The molecule has 3 saturated heterocycles. The van der Waals surface area contributed by atoms with Crippen molar-refractivity contribution in [2.45, 2.75) is 26.2 Å². The molecule has 3 heterocycles. The van der Waals surface area contributed by atoms with Gasteiger partial charge in [-0.25, -0.2) is 0 Å². The molecule has 9 heteroatoms. The molecule has 0 spiro atoms. The Kier molecular flexibility index (Phi) is 5.81. The molecule has 4 aliphatic rings. The van der Waals surface area contributed by atoms with E-state index in [1.165, 1.54) is 6.08 Å². The van der Waals surface area contributed by atoms with Crippen LogP contribution in [0.1, 0.15) is 26.3 Å². The standard InChI is InChI=1S/C12H13N3O2.C10H15O3P/c16-9-7-8(13-1-2-13)12(17)11(15-5-6-15)10(9)14-3-4-14;1-10(2,3)8-6-4-5-7-9(8)13-14(11)12/h7H,1-6H2;4-7,11-12H,1-3H3. The van der Waals surface area contributed by atoms with E-state index >= 15 is 0 Å². The number of carbonyl (C=O) groups excluding carboxylic acids is 2. The van der Waals surface area contributed by atoms with Gasteiger partial charge in [0.05, 0.1) is 5.70 Å². The normalized spacial score (nSPS) is 19.9. The summed E-state index contributed by atoms with van der Waals surface area (Å²) in [5.41, 5.74) is 2.79. The molecule has 0 aromatic heterocycles. The minimum Gasteiger partial charge on any atom is -0.427 e. The summed E-state index contributed by atoms with van der Waals surface area (Å²) in [6, 6.07) is 7.38. The van der Waals surface area contributed by atoms with Crippen LogP contribution in [0.4, 0.5) is 0 Å². The Hall–Kier alpha value is -2.41. The van der Waals surface area contributed by atoms with Crippen molar-refractivity contribution in [1.82, 2.24) is 14.7 Å². The van der Waals surface area contributed by atoms with Crippen molar-refractivity contribution in [3.8, 4) is 5.75 Å². The van der Waals surface area contributed by atoms with Crippen molar-refractivity contribution in [1.29, 1.82) is 0 Å². The predicted molar refractivity (Wildman–Crippen MR) is 117 cm³/mol. The van der Waals surface area contributed by atoms with E-state index in [0.717, 1.165) is 44.8 Å². The predicted octanol–water partition coefficient (Wildman–Crippen LogP) is 1.75. The van der Waals surface area contributed by atoms with Crippen LogP contribution < -0.4 is 4.52 Å². The van der Waals surface area contributed by atoms with Gasteiger partial charge in [0.25, 0.3) is 0 Å². The molecule has 1 aliphatic carbocycles. The van der Waals surface area contributed by atoms with Gasteiger partial charge < -0.3 is 29.0 Å². The van der Waals surface area contributed by atoms with E-state index in [-0.39, 0.29) is 17.0 Å². The van der Waals surface area contributed by atoms with Gasteiger partial charge in [0.1, 0.15) is 17.1 Å². The number of para-hydroxylation sites is 1. The summed E-state index contributed by atoms with van der Waals surface area (Å²) in [5, 5.41) is 0. The summed E-state index contributed by atoms with van der Waals surface area (Å²) in [7, 11) is -2.34. The van der Waals surface area contributed by atoms with E-state index in [2.05, 4.69) is 0 Å². The van der Waals surface area contributed by atoms with Crippen LogP contribution in [0.5, 0.6) is 5.75 Å². The smallest absolute Gasteiger partial charge is 0.391 e. The Balaban J connectivity index is 0.000000153.